The van der Waals surface area contributed by atoms with E-state index in [4.69, 9.17) is 16.3 Å². The molecule has 5 nitrogen and oxygen atoms in total. The van der Waals surface area contributed by atoms with Crippen LogP contribution in [0.15, 0.2) is 12.4 Å². The summed E-state index contributed by atoms with van der Waals surface area (Å²) < 4.78 is 4.77. The average molecular weight is 256 g/mol. The predicted molar refractivity (Wildman–Crippen MR) is 64.0 cm³/mol. The fourth-order valence-corrected chi connectivity index (χ4v) is 2.28. The van der Waals surface area contributed by atoms with Crippen LogP contribution in [0.3, 0.4) is 0 Å². The molecule has 6 heteroatoms. The van der Waals surface area contributed by atoms with Crippen LogP contribution in [0.2, 0.25) is 5.15 Å². The van der Waals surface area contributed by atoms with Gasteiger partial charge in [-0.1, -0.05) is 11.6 Å². The summed E-state index contributed by atoms with van der Waals surface area (Å²) in [7, 11) is 1.41. The summed E-state index contributed by atoms with van der Waals surface area (Å²) in [5.41, 5.74) is 0. The van der Waals surface area contributed by atoms with Crippen molar-refractivity contribution in [1.82, 2.24) is 9.97 Å². The predicted octanol–water partition coefficient (Wildman–Crippen LogP) is 1.52. The van der Waals surface area contributed by atoms with Crippen molar-refractivity contribution in [3.8, 4) is 0 Å². The van der Waals surface area contributed by atoms with Crippen LogP contribution in [0.1, 0.15) is 12.8 Å². The second-order valence-electron chi connectivity index (χ2n) is 3.98. The summed E-state index contributed by atoms with van der Waals surface area (Å²) >= 11 is 5.99. The number of halogens is 1. The van der Waals surface area contributed by atoms with Crippen LogP contribution in [-0.4, -0.2) is 36.1 Å². The molecule has 0 bridgehead atoms. The maximum Gasteiger partial charge on any atom is 0.310 e. The molecule has 0 aliphatic carbocycles. The molecule has 1 saturated heterocycles. The van der Waals surface area contributed by atoms with Gasteiger partial charge in [-0.25, -0.2) is 9.97 Å². The van der Waals surface area contributed by atoms with E-state index in [1.54, 1.807) is 12.4 Å². The lowest BCUT2D eigenvalue weighted by atomic mass is 9.98. The lowest BCUT2D eigenvalue weighted by Gasteiger charge is -2.32. The molecular weight excluding hydrogens is 242 g/mol. The van der Waals surface area contributed by atoms with E-state index in [9.17, 15) is 4.79 Å². The fraction of sp³-hybridized carbons (Fsp3) is 0.545. The Morgan fingerprint density at radius 2 is 2.29 bits per heavy atom. The van der Waals surface area contributed by atoms with E-state index in [-0.39, 0.29) is 11.9 Å². The number of anilines is 1. The summed E-state index contributed by atoms with van der Waals surface area (Å²) in [6.07, 6.45) is 4.92. The molecule has 0 radical (unpaired) electrons. The standard InChI is InChI=1S/C11H14ClN3O2/c1-17-11(16)8-3-2-6-15(7-8)10-9(12)13-4-5-14-10/h4-5,8H,2-3,6-7H2,1H3/t8-/m0/s1. The normalized spacial score (nSPS) is 20.1. The van der Waals surface area contributed by atoms with Crippen LogP contribution in [0.5, 0.6) is 0 Å². The fourth-order valence-electron chi connectivity index (χ4n) is 2.05. The summed E-state index contributed by atoms with van der Waals surface area (Å²) in [6.45, 7) is 1.43. The van der Waals surface area contributed by atoms with Gasteiger partial charge in [0.25, 0.3) is 0 Å². The molecule has 1 aromatic heterocycles. The molecule has 0 amide bonds. The van der Waals surface area contributed by atoms with E-state index in [1.165, 1.54) is 7.11 Å². The van der Waals surface area contributed by atoms with Gasteiger partial charge in [0.15, 0.2) is 11.0 Å². The van der Waals surface area contributed by atoms with E-state index in [0.717, 1.165) is 19.4 Å². The molecule has 1 aromatic rings. The molecule has 0 spiro atoms. The molecule has 1 atom stereocenters. The Kier molecular flexibility index (Phi) is 3.78. The zero-order chi connectivity index (χ0) is 12.3. The number of nitrogens with zero attached hydrogens (tertiary/aromatic N) is 3. The number of ether oxygens (including phenoxy) is 1. The number of hydrogen-bond acceptors (Lipinski definition) is 5. The summed E-state index contributed by atoms with van der Waals surface area (Å²) in [5.74, 6) is 0.365. The van der Waals surface area contributed by atoms with Gasteiger partial charge < -0.3 is 9.64 Å². The molecule has 1 aliphatic heterocycles. The first-order chi connectivity index (χ1) is 8.22. The van der Waals surface area contributed by atoms with Crippen molar-refractivity contribution in [1.29, 1.82) is 0 Å². The van der Waals surface area contributed by atoms with Crippen LogP contribution in [0, 0.1) is 5.92 Å². The number of carbonyl (C=O) groups is 1. The van der Waals surface area contributed by atoms with Gasteiger partial charge in [-0.2, -0.15) is 0 Å². The van der Waals surface area contributed by atoms with Crippen molar-refractivity contribution < 1.29 is 9.53 Å². The first-order valence-corrected chi connectivity index (χ1v) is 5.89. The Hall–Kier alpha value is -1.36. The minimum atomic E-state index is -0.172. The minimum absolute atomic E-state index is 0.105. The first kappa shape index (κ1) is 12.1. The summed E-state index contributed by atoms with van der Waals surface area (Å²) in [5, 5.41) is 0.373. The van der Waals surface area contributed by atoms with Gasteiger partial charge in [0.2, 0.25) is 0 Å². The number of aromatic nitrogens is 2. The molecule has 2 rings (SSSR count). The van der Waals surface area contributed by atoms with E-state index in [1.807, 2.05) is 4.90 Å². The number of hydrogen-bond donors (Lipinski definition) is 0. The van der Waals surface area contributed by atoms with E-state index >= 15 is 0 Å². The highest BCUT2D eigenvalue weighted by Gasteiger charge is 2.28. The smallest absolute Gasteiger partial charge is 0.310 e. The molecule has 0 N–H and O–H groups in total. The molecule has 17 heavy (non-hydrogen) atoms. The molecule has 1 aliphatic rings. The largest absolute Gasteiger partial charge is 0.469 e. The van der Waals surface area contributed by atoms with Crippen molar-refractivity contribution in [3.63, 3.8) is 0 Å². The molecule has 0 unspecified atom stereocenters. The number of esters is 1. The average Bonchev–Trinajstić information content (AvgIpc) is 2.38. The number of methoxy groups -OCH3 is 1. The highest BCUT2D eigenvalue weighted by Crippen LogP contribution is 2.26. The van der Waals surface area contributed by atoms with E-state index < -0.39 is 0 Å². The van der Waals surface area contributed by atoms with Crippen LogP contribution in [0.4, 0.5) is 5.82 Å². The molecular formula is C11H14ClN3O2. The zero-order valence-electron chi connectivity index (χ0n) is 9.60. The lowest BCUT2D eigenvalue weighted by Crippen LogP contribution is -2.39. The van der Waals surface area contributed by atoms with Gasteiger partial charge in [-0.15, -0.1) is 0 Å². The SMILES string of the molecule is COC(=O)[C@H]1CCCN(c2nccnc2Cl)C1. The molecule has 0 aromatic carbocycles. The second kappa shape index (κ2) is 5.31. The Bertz CT molecular complexity index is 413. The highest BCUT2D eigenvalue weighted by molar-refractivity contribution is 6.31. The first-order valence-electron chi connectivity index (χ1n) is 5.51. The van der Waals surface area contributed by atoms with Crippen LogP contribution < -0.4 is 4.90 Å². The third-order valence-corrected chi connectivity index (χ3v) is 3.16. The van der Waals surface area contributed by atoms with Crippen molar-refractivity contribution in [3.05, 3.63) is 17.5 Å². The van der Waals surface area contributed by atoms with E-state index in [2.05, 4.69) is 9.97 Å². The number of carbonyl (C=O) groups excluding carboxylic acids is 1. The third-order valence-electron chi connectivity index (χ3n) is 2.89. The zero-order valence-corrected chi connectivity index (χ0v) is 10.4. The van der Waals surface area contributed by atoms with Crippen molar-refractivity contribution in [2.24, 2.45) is 5.92 Å². The number of rotatable bonds is 2. The molecule has 0 saturated carbocycles. The Balaban J connectivity index is 2.12. The second-order valence-corrected chi connectivity index (χ2v) is 4.34. The third kappa shape index (κ3) is 2.66. The van der Waals surface area contributed by atoms with Crippen LogP contribution >= 0.6 is 11.6 Å². The van der Waals surface area contributed by atoms with Crippen molar-refractivity contribution in [2.45, 2.75) is 12.8 Å². The Morgan fingerprint density at radius 3 is 3.00 bits per heavy atom. The maximum absolute atomic E-state index is 11.5. The van der Waals surface area contributed by atoms with E-state index in [0.29, 0.717) is 17.5 Å². The topological polar surface area (TPSA) is 55.3 Å². The molecule has 2 heterocycles. The van der Waals surface area contributed by atoms with Gasteiger partial charge >= 0.3 is 5.97 Å². The monoisotopic (exact) mass is 255 g/mol. The Morgan fingerprint density at radius 1 is 1.53 bits per heavy atom. The van der Waals surface area contributed by atoms with Gasteiger partial charge in [0.05, 0.1) is 13.0 Å². The van der Waals surface area contributed by atoms with Crippen LogP contribution in [0.25, 0.3) is 0 Å². The highest BCUT2D eigenvalue weighted by atomic mass is 35.5. The van der Waals surface area contributed by atoms with Gasteiger partial charge in [0.1, 0.15) is 0 Å². The Labute approximate surface area is 105 Å². The van der Waals surface area contributed by atoms with Gasteiger partial charge in [0, 0.05) is 25.5 Å². The molecule has 92 valence electrons. The maximum atomic E-state index is 11.5. The van der Waals surface area contributed by atoms with Crippen molar-refractivity contribution >= 4 is 23.4 Å². The molecule has 1 fully saturated rings. The van der Waals surface area contributed by atoms with Gasteiger partial charge in [-0.3, -0.25) is 4.79 Å². The van der Waals surface area contributed by atoms with Crippen LogP contribution in [-0.2, 0) is 9.53 Å². The lowest BCUT2D eigenvalue weighted by molar-refractivity contribution is -0.145. The van der Waals surface area contributed by atoms with Crippen molar-refractivity contribution in [2.75, 3.05) is 25.1 Å². The summed E-state index contributed by atoms with van der Waals surface area (Å²) in [6, 6.07) is 0. The minimum Gasteiger partial charge on any atom is -0.469 e. The number of piperidine rings is 1. The summed E-state index contributed by atoms with van der Waals surface area (Å²) in [4.78, 5) is 21.7. The van der Waals surface area contributed by atoms with Gasteiger partial charge in [-0.05, 0) is 12.8 Å². The quantitative estimate of drug-likeness (QED) is 0.750.